The van der Waals surface area contributed by atoms with Gasteiger partial charge in [0.25, 0.3) is 0 Å². The number of nitrogens with one attached hydrogen (secondary N) is 1. The van der Waals surface area contributed by atoms with Gasteiger partial charge < -0.3 is 82.9 Å². The van der Waals surface area contributed by atoms with E-state index in [0.29, 0.717) is 0 Å². The first-order valence-corrected chi connectivity index (χ1v) is 12.3. The fraction of sp³-hybridized carbons (Fsp3) is 0.952. The fourth-order valence-electron chi connectivity index (χ4n) is 4.76. The SMILES string of the molecule is C[C@]1(O)CO[C@H](O[C@@H]2[C@@H](O)[C@H](O[C@H]3O[C@H](CN)[C@@H](O)[C@H](O)[C@H]3O)[C@@H](N)C[C@H]2NC(=O)[C@@H](O)CN)[C@H](O)[C@H]1N. The standard InChI is InChI=1S/C21H41N5O12/c1-21(34)5-35-19(14(32)17(21)25)38-16-7(26-18(33)8(27)3-22)2-6(24)15(13(16)31)37-20-12(30)11(29)10(28)9(4-23)36-20/h6-17,19-20,27-32,34H,2-5,22-25H2,1H3,(H,26,33)/t6-,7+,8-,9+,10+,11-,12+,13-,14+,15+,16-,17+,19+,20+,21-/m0/s1. The molecule has 222 valence electrons. The zero-order valence-corrected chi connectivity index (χ0v) is 20.9. The minimum atomic E-state index is -1.73. The molecule has 0 aromatic heterocycles. The maximum absolute atomic E-state index is 12.4. The van der Waals surface area contributed by atoms with Crippen LogP contribution in [0.1, 0.15) is 13.3 Å². The van der Waals surface area contributed by atoms with E-state index in [1.54, 1.807) is 0 Å². The molecule has 17 heteroatoms. The van der Waals surface area contributed by atoms with E-state index in [9.17, 15) is 40.5 Å². The van der Waals surface area contributed by atoms with Gasteiger partial charge in [-0.05, 0) is 13.3 Å². The number of aliphatic hydroxyl groups is 7. The molecule has 2 saturated heterocycles. The minimum Gasteiger partial charge on any atom is -0.388 e. The molecule has 0 bridgehead atoms. The Kier molecular flexibility index (Phi) is 10.4. The van der Waals surface area contributed by atoms with E-state index in [1.165, 1.54) is 6.92 Å². The van der Waals surface area contributed by atoms with Gasteiger partial charge in [0.05, 0.1) is 18.7 Å². The van der Waals surface area contributed by atoms with Crippen molar-refractivity contribution in [1.29, 1.82) is 0 Å². The van der Waals surface area contributed by atoms with Crippen LogP contribution < -0.4 is 28.3 Å². The molecule has 0 spiro atoms. The Balaban J connectivity index is 1.83. The molecule has 1 amide bonds. The van der Waals surface area contributed by atoms with Crippen LogP contribution in [0.15, 0.2) is 0 Å². The predicted molar refractivity (Wildman–Crippen MR) is 125 cm³/mol. The normalized spacial score (nSPS) is 48.9. The van der Waals surface area contributed by atoms with Crippen molar-refractivity contribution in [3.05, 3.63) is 0 Å². The molecule has 1 aliphatic carbocycles. The van der Waals surface area contributed by atoms with Crippen molar-refractivity contribution < 1.29 is 59.5 Å². The molecule has 3 fully saturated rings. The molecule has 0 aromatic rings. The van der Waals surface area contributed by atoms with E-state index in [1.807, 2.05) is 0 Å². The smallest absolute Gasteiger partial charge is 0.250 e. The zero-order valence-electron chi connectivity index (χ0n) is 20.9. The van der Waals surface area contributed by atoms with Crippen LogP contribution in [0, 0.1) is 0 Å². The van der Waals surface area contributed by atoms with Gasteiger partial charge in [-0.15, -0.1) is 0 Å². The molecule has 0 radical (unpaired) electrons. The zero-order chi connectivity index (χ0) is 28.5. The van der Waals surface area contributed by atoms with Crippen molar-refractivity contribution in [2.45, 2.75) is 105 Å². The summed E-state index contributed by atoms with van der Waals surface area (Å²) in [6, 6.07) is -3.25. The Labute approximate surface area is 218 Å². The average molecular weight is 556 g/mol. The number of amides is 1. The van der Waals surface area contributed by atoms with Crippen LogP contribution in [-0.2, 0) is 23.7 Å². The average Bonchev–Trinajstić information content (AvgIpc) is 2.87. The molecule has 2 heterocycles. The minimum absolute atomic E-state index is 0.101. The van der Waals surface area contributed by atoms with Crippen LogP contribution in [0.2, 0.25) is 0 Å². The molecule has 1 saturated carbocycles. The summed E-state index contributed by atoms with van der Waals surface area (Å²) in [6.45, 7) is 0.451. The number of hydrogen-bond acceptors (Lipinski definition) is 16. The number of rotatable bonds is 8. The molecule has 0 aromatic carbocycles. The summed E-state index contributed by atoms with van der Waals surface area (Å²) in [5.74, 6) is -0.872. The summed E-state index contributed by atoms with van der Waals surface area (Å²) in [4.78, 5) is 12.4. The van der Waals surface area contributed by atoms with Crippen molar-refractivity contribution >= 4 is 5.91 Å². The highest BCUT2D eigenvalue weighted by atomic mass is 16.7. The third-order valence-electron chi connectivity index (χ3n) is 7.26. The van der Waals surface area contributed by atoms with E-state index in [-0.39, 0.29) is 26.1 Å². The number of hydrogen-bond donors (Lipinski definition) is 12. The lowest BCUT2D eigenvalue weighted by molar-refractivity contribution is -0.329. The molecule has 15 atom stereocenters. The van der Waals surface area contributed by atoms with Gasteiger partial charge in [0.2, 0.25) is 5.91 Å². The number of carbonyl (C=O) groups excluding carboxylic acids is 1. The van der Waals surface area contributed by atoms with Crippen LogP contribution >= 0.6 is 0 Å². The number of carbonyl (C=O) groups is 1. The highest BCUT2D eigenvalue weighted by molar-refractivity contribution is 5.81. The van der Waals surface area contributed by atoms with Crippen molar-refractivity contribution in [1.82, 2.24) is 5.32 Å². The number of nitrogens with two attached hydrogens (primary N) is 4. The van der Waals surface area contributed by atoms with Gasteiger partial charge in [-0.3, -0.25) is 4.79 Å². The summed E-state index contributed by atoms with van der Waals surface area (Å²) in [5.41, 5.74) is 21.5. The molecule has 3 aliphatic rings. The molecule has 3 rings (SSSR count). The van der Waals surface area contributed by atoms with E-state index in [0.717, 1.165) is 0 Å². The highest BCUT2D eigenvalue weighted by Crippen LogP contribution is 2.32. The van der Waals surface area contributed by atoms with Crippen LogP contribution in [0.3, 0.4) is 0 Å². The Morgan fingerprint density at radius 1 is 1.00 bits per heavy atom. The monoisotopic (exact) mass is 555 g/mol. The lowest BCUT2D eigenvalue weighted by Crippen LogP contribution is -2.70. The molecule has 2 aliphatic heterocycles. The largest absolute Gasteiger partial charge is 0.388 e. The van der Waals surface area contributed by atoms with Crippen molar-refractivity contribution in [3.63, 3.8) is 0 Å². The highest BCUT2D eigenvalue weighted by Gasteiger charge is 2.52. The maximum Gasteiger partial charge on any atom is 0.250 e. The van der Waals surface area contributed by atoms with E-state index < -0.39 is 97.1 Å². The summed E-state index contributed by atoms with van der Waals surface area (Å²) < 4.78 is 22.5. The maximum atomic E-state index is 12.4. The first-order valence-electron chi connectivity index (χ1n) is 12.3. The van der Waals surface area contributed by atoms with Crippen LogP contribution in [0.4, 0.5) is 0 Å². The molecule has 38 heavy (non-hydrogen) atoms. The van der Waals surface area contributed by atoms with Gasteiger partial charge in [0.15, 0.2) is 12.6 Å². The van der Waals surface area contributed by atoms with E-state index in [4.69, 9.17) is 41.9 Å². The Bertz CT molecular complexity index is 796. The van der Waals surface area contributed by atoms with Gasteiger partial charge in [-0.25, -0.2) is 0 Å². The lowest BCUT2D eigenvalue weighted by Gasteiger charge is -2.49. The summed E-state index contributed by atoms with van der Waals surface area (Å²) in [6.07, 6.45) is -16.6. The van der Waals surface area contributed by atoms with Gasteiger partial charge in [0, 0.05) is 19.1 Å². The second kappa shape index (κ2) is 12.6. The Morgan fingerprint density at radius 3 is 2.24 bits per heavy atom. The summed E-state index contributed by atoms with van der Waals surface area (Å²) in [5, 5.41) is 75.0. The van der Waals surface area contributed by atoms with E-state index in [2.05, 4.69) is 5.32 Å². The van der Waals surface area contributed by atoms with Crippen molar-refractivity contribution in [2.75, 3.05) is 19.7 Å². The van der Waals surface area contributed by atoms with Crippen molar-refractivity contribution in [2.24, 2.45) is 22.9 Å². The van der Waals surface area contributed by atoms with Gasteiger partial charge in [-0.2, -0.15) is 0 Å². The fourth-order valence-corrected chi connectivity index (χ4v) is 4.76. The lowest BCUT2D eigenvalue weighted by atomic mass is 9.83. The Hall–Kier alpha value is -1.13. The van der Waals surface area contributed by atoms with Crippen LogP contribution in [0.25, 0.3) is 0 Å². The molecule has 16 N–H and O–H groups in total. The second-order valence-corrected chi connectivity index (χ2v) is 10.3. The third-order valence-corrected chi connectivity index (χ3v) is 7.26. The molecular weight excluding hydrogens is 514 g/mol. The second-order valence-electron chi connectivity index (χ2n) is 10.3. The summed E-state index contributed by atoms with van der Waals surface area (Å²) >= 11 is 0. The van der Waals surface area contributed by atoms with Gasteiger partial charge in [-0.1, -0.05) is 0 Å². The first-order chi connectivity index (χ1) is 17.7. The van der Waals surface area contributed by atoms with Crippen molar-refractivity contribution in [3.8, 4) is 0 Å². The molecule has 17 nitrogen and oxygen atoms in total. The summed E-state index contributed by atoms with van der Waals surface area (Å²) in [7, 11) is 0. The quantitative estimate of drug-likeness (QED) is 0.132. The van der Waals surface area contributed by atoms with Crippen LogP contribution in [0.5, 0.6) is 0 Å². The Morgan fingerprint density at radius 2 is 1.63 bits per heavy atom. The molecule has 0 unspecified atom stereocenters. The number of aliphatic hydroxyl groups excluding tert-OH is 6. The molecular formula is C21H41N5O12. The topological polar surface area (TPSA) is 312 Å². The van der Waals surface area contributed by atoms with Crippen LogP contribution in [-0.4, -0.2) is 153 Å². The first kappa shape index (κ1) is 31.4. The van der Waals surface area contributed by atoms with Gasteiger partial charge in [0.1, 0.15) is 60.5 Å². The van der Waals surface area contributed by atoms with E-state index >= 15 is 0 Å². The predicted octanol–water partition coefficient (Wildman–Crippen LogP) is -7.79. The third kappa shape index (κ3) is 6.43. The van der Waals surface area contributed by atoms with Gasteiger partial charge >= 0.3 is 0 Å². The number of ether oxygens (including phenoxy) is 4.